The van der Waals surface area contributed by atoms with Crippen molar-refractivity contribution in [1.82, 2.24) is 0 Å². The van der Waals surface area contributed by atoms with Crippen molar-refractivity contribution in [2.75, 3.05) is 12.8 Å². The summed E-state index contributed by atoms with van der Waals surface area (Å²) in [4.78, 5) is 0. The van der Waals surface area contributed by atoms with Crippen LogP contribution in [0.4, 0.5) is 26.3 Å². The van der Waals surface area contributed by atoms with Crippen LogP contribution in [0.2, 0.25) is 0 Å². The molecule has 10 heteroatoms. The topological polar surface area (TPSA) is 26.3 Å². The molecule has 1 rings (SSSR count). The first-order valence-electron chi connectivity index (χ1n) is 4.42. The van der Waals surface area contributed by atoms with E-state index in [1.807, 2.05) is 0 Å². The van der Waals surface area contributed by atoms with Crippen molar-refractivity contribution in [3.8, 4) is 0 Å². The van der Waals surface area contributed by atoms with Gasteiger partial charge in [-0.1, -0.05) is 0 Å². The highest BCUT2D eigenvalue weighted by molar-refractivity contribution is 7.67. The predicted octanol–water partition coefficient (Wildman–Crippen LogP) is 3.79. The fraction of sp³-hybridized carbons (Fsp3) is 1.00. The zero-order valence-corrected chi connectivity index (χ0v) is 9.84. The van der Waals surface area contributed by atoms with Gasteiger partial charge in [-0.25, -0.2) is 0 Å². The molecule has 3 unspecified atom stereocenters. The number of ether oxygens (including phenoxy) is 1. The van der Waals surface area contributed by atoms with E-state index < -0.39 is 49.6 Å². The Morgan fingerprint density at radius 2 is 1.71 bits per heavy atom. The van der Waals surface area contributed by atoms with E-state index in [0.29, 0.717) is 0 Å². The summed E-state index contributed by atoms with van der Waals surface area (Å²) in [6, 6.07) is 0. The highest BCUT2D eigenvalue weighted by Crippen LogP contribution is 2.65. The van der Waals surface area contributed by atoms with Crippen LogP contribution in [0.1, 0.15) is 6.42 Å². The van der Waals surface area contributed by atoms with E-state index in [1.54, 1.807) is 0 Å². The molecule has 1 heterocycles. The molecular formula is C7H8ClF6O2P. The number of halogens is 7. The van der Waals surface area contributed by atoms with Crippen LogP contribution < -0.4 is 0 Å². The lowest BCUT2D eigenvalue weighted by Crippen LogP contribution is -2.24. The van der Waals surface area contributed by atoms with Crippen molar-refractivity contribution in [3.63, 3.8) is 0 Å². The Morgan fingerprint density at radius 1 is 1.18 bits per heavy atom. The molecule has 0 N–H and O–H groups in total. The zero-order chi connectivity index (χ0) is 13.5. The second-order valence-corrected chi connectivity index (χ2v) is 7.72. The van der Waals surface area contributed by atoms with Crippen LogP contribution in [0, 0.1) is 0 Å². The van der Waals surface area contributed by atoms with Gasteiger partial charge in [0, 0.05) is 0 Å². The Morgan fingerprint density at radius 3 is 2.12 bits per heavy atom. The Hall–Kier alpha value is 0.0600. The summed E-state index contributed by atoms with van der Waals surface area (Å²) in [6.07, 6.45) is -13.1. The molecule has 0 spiro atoms. The third kappa shape index (κ3) is 4.03. The normalized spacial score (nSPS) is 35.2. The summed E-state index contributed by atoms with van der Waals surface area (Å²) >= 11 is 5.39. The van der Waals surface area contributed by atoms with E-state index in [-0.39, 0.29) is 0 Å². The van der Waals surface area contributed by atoms with Crippen LogP contribution in [0.3, 0.4) is 0 Å². The van der Waals surface area contributed by atoms with Crippen LogP contribution in [0.5, 0.6) is 0 Å². The van der Waals surface area contributed by atoms with E-state index in [2.05, 4.69) is 4.74 Å². The van der Waals surface area contributed by atoms with Crippen LogP contribution >= 0.6 is 18.7 Å². The predicted molar refractivity (Wildman–Crippen MR) is 48.6 cm³/mol. The molecule has 1 aliphatic rings. The maximum atomic E-state index is 12.2. The van der Waals surface area contributed by atoms with Crippen molar-refractivity contribution in [2.45, 2.75) is 29.7 Å². The van der Waals surface area contributed by atoms with Gasteiger partial charge in [0.2, 0.25) is 0 Å². The van der Waals surface area contributed by atoms with Crippen molar-refractivity contribution in [2.24, 2.45) is 0 Å². The summed E-state index contributed by atoms with van der Waals surface area (Å²) in [5, 5.41) is -1.52. The molecule has 2 nitrogen and oxygen atoms in total. The molecule has 1 saturated heterocycles. The summed E-state index contributed by atoms with van der Waals surface area (Å²) in [5.41, 5.74) is 0. The molecule has 0 radical (unpaired) electrons. The Labute approximate surface area is 97.6 Å². The number of rotatable bonds is 2. The lowest BCUT2D eigenvalue weighted by atomic mass is 10.4. The molecule has 0 saturated carbocycles. The van der Waals surface area contributed by atoms with Crippen LogP contribution in [0.15, 0.2) is 0 Å². The smallest absolute Gasteiger partial charge is 0.368 e. The third-order valence-electron chi connectivity index (χ3n) is 2.22. The van der Waals surface area contributed by atoms with E-state index in [0.717, 1.165) is 0 Å². The molecule has 3 atom stereocenters. The van der Waals surface area contributed by atoms with E-state index in [9.17, 15) is 30.9 Å². The molecular weight excluding hydrogens is 296 g/mol. The van der Waals surface area contributed by atoms with Gasteiger partial charge in [-0.05, 0) is 0 Å². The second kappa shape index (κ2) is 4.63. The van der Waals surface area contributed by atoms with Crippen molar-refractivity contribution >= 4 is 18.7 Å². The largest absolute Gasteiger partial charge is 0.395 e. The van der Waals surface area contributed by atoms with Gasteiger partial charge >= 0.3 is 12.4 Å². The molecule has 0 aliphatic carbocycles. The molecule has 0 bridgehead atoms. The lowest BCUT2D eigenvalue weighted by Gasteiger charge is -2.23. The highest BCUT2D eigenvalue weighted by atomic mass is 35.5. The molecule has 0 aromatic carbocycles. The molecule has 17 heavy (non-hydrogen) atoms. The van der Waals surface area contributed by atoms with Crippen LogP contribution in [-0.4, -0.2) is 36.1 Å². The second-order valence-electron chi connectivity index (χ2n) is 3.67. The first kappa shape index (κ1) is 15.1. The zero-order valence-electron chi connectivity index (χ0n) is 8.19. The third-order valence-corrected chi connectivity index (χ3v) is 6.59. The minimum Gasteiger partial charge on any atom is -0.368 e. The fourth-order valence-corrected chi connectivity index (χ4v) is 4.69. The standard InChI is InChI=1S/C7H8ClF6O2P/c8-4-2-16-5(1-6(9,10)11)17(4,15)3-7(12,13)14/h4-5H,1-3H2. The molecule has 0 amide bonds. The maximum absolute atomic E-state index is 12.2. The molecule has 0 aromatic rings. The van der Waals surface area contributed by atoms with Gasteiger partial charge in [0.15, 0.2) is 0 Å². The number of hydrogen-bond acceptors (Lipinski definition) is 2. The summed E-state index contributed by atoms with van der Waals surface area (Å²) in [7, 11) is -4.29. The highest BCUT2D eigenvalue weighted by Gasteiger charge is 2.55. The molecule has 1 aliphatic heterocycles. The average molecular weight is 305 g/mol. The Balaban J connectivity index is 2.88. The SMILES string of the molecule is O=P1(CC(F)(F)F)C(Cl)COC1CC(F)(F)F. The summed E-state index contributed by atoms with van der Waals surface area (Å²) < 4.78 is 89.1. The van der Waals surface area contributed by atoms with Gasteiger partial charge < -0.3 is 9.30 Å². The summed E-state index contributed by atoms with van der Waals surface area (Å²) in [6.45, 7) is -0.560. The van der Waals surface area contributed by atoms with Gasteiger partial charge in [-0.3, -0.25) is 0 Å². The number of alkyl halides is 7. The van der Waals surface area contributed by atoms with Gasteiger partial charge in [0.1, 0.15) is 24.3 Å². The van der Waals surface area contributed by atoms with Crippen LogP contribution in [-0.2, 0) is 9.30 Å². The molecule has 0 aromatic heterocycles. The van der Waals surface area contributed by atoms with E-state index in [1.165, 1.54) is 0 Å². The number of hydrogen-bond donors (Lipinski definition) is 0. The van der Waals surface area contributed by atoms with Gasteiger partial charge in [-0.2, -0.15) is 26.3 Å². The first-order valence-corrected chi connectivity index (χ1v) is 6.88. The fourth-order valence-electron chi connectivity index (χ4n) is 1.52. The summed E-state index contributed by atoms with van der Waals surface area (Å²) in [5.74, 6) is -1.99. The maximum Gasteiger partial charge on any atom is 0.395 e. The van der Waals surface area contributed by atoms with Crippen molar-refractivity contribution < 1.29 is 35.6 Å². The first-order chi connectivity index (χ1) is 7.44. The monoisotopic (exact) mass is 304 g/mol. The molecule has 102 valence electrons. The van der Waals surface area contributed by atoms with E-state index >= 15 is 0 Å². The van der Waals surface area contributed by atoms with Crippen molar-refractivity contribution in [3.05, 3.63) is 0 Å². The Kier molecular flexibility index (Phi) is 4.11. The quantitative estimate of drug-likeness (QED) is 0.441. The van der Waals surface area contributed by atoms with Crippen molar-refractivity contribution in [1.29, 1.82) is 0 Å². The van der Waals surface area contributed by atoms with Gasteiger partial charge in [0.05, 0.1) is 13.0 Å². The lowest BCUT2D eigenvalue weighted by molar-refractivity contribution is -0.149. The van der Waals surface area contributed by atoms with Gasteiger partial charge in [0.25, 0.3) is 0 Å². The average Bonchev–Trinajstić information content (AvgIpc) is 2.27. The molecule has 1 fully saturated rings. The minimum atomic E-state index is -4.83. The Bertz CT molecular complexity index is 327. The minimum absolute atomic E-state index is 0.560. The van der Waals surface area contributed by atoms with E-state index in [4.69, 9.17) is 11.6 Å². The van der Waals surface area contributed by atoms with Gasteiger partial charge in [-0.15, -0.1) is 11.6 Å². The van der Waals surface area contributed by atoms with Crippen LogP contribution in [0.25, 0.3) is 0 Å².